The minimum absolute atomic E-state index is 0.298. The Hall–Kier alpha value is -4.47. The van der Waals surface area contributed by atoms with Crippen LogP contribution < -0.4 is 10.9 Å². The van der Waals surface area contributed by atoms with E-state index < -0.39 is 6.04 Å². The topological polar surface area (TPSA) is 113 Å². The van der Waals surface area contributed by atoms with E-state index in [1.54, 1.807) is 18.5 Å². The summed E-state index contributed by atoms with van der Waals surface area (Å²) in [4.78, 5) is 26.8. The van der Waals surface area contributed by atoms with Crippen molar-refractivity contribution in [3.63, 3.8) is 0 Å². The number of aromatic nitrogens is 6. The van der Waals surface area contributed by atoms with E-state index in [0.717, 1.165) is 22.7 Å². The van der Waals surface area contributed by atoms with E-state index in [9.17, 15) is 9.59 Å². The molecular formula is C26H27N7O3. The van der Waals surface area contributed by atoms with Crippen LogP contribution in [0.4, 0.5) is 0 Å². The fraction of sp³-hybridized carbons (Fsp3) is 0.269. The van der Waals surface area contributed by atoms with E-state index in [2.05, 4.69) is 15.6 Å². The van der Waals surface area contributed by atoms with Crippen molar-refractivity contribution in [1.29, 1.82) is 0 Å². The predicted molar refractivity (Wildman–Crippen MR) is 135 cm³/mol. The number of aryl methyl sites for hydroxylation is 3. The van der Waals surface area contributed by atoms with Gasteiger partial charge in [-0.2, -0.15) is 10.2 Å². The zero-order valence-electron chi connectivity index (χ0n) is 20.6. The molecule has 0 aliphatic carbocycles. The Labute approximate surface area is 207 Å². The molecule has 184 valence electrons. The van der Waals surface area contributed by atoms with Gasteiger partial charge in [-0.3, -0.25) is 9.59 Å². The molecule has 0 bridgehead atoms. The molecule has 1 aromatic carbocycles. The molecule has 4 heterocycles. The summed E-state index contributed by atoms with van der Waals surface area (Å²) in [6.07, 6.45) is 4.31. The number of carbonyl (C=O) groups is 1. The van der Waals surface area contributed by atoms with Gasteiger partial charge >= 0.3 is 0 Å². The van der Waals surface area contributed by atoms with E-state index in [0.29, 0.717) is 35.4 Å². The molecule has 1 amide bonds. The summed E-state index contributed by atoms with van der Waals surface area (Å²) in [6, 6.07) is 12.6. The van der Waals surface area contributed by atoms with Crippen molar-refractivity contribution < 1.29 is 9.32 Å². The molecule has 1 atom stereocenters. The summed E-state index contributed by atoms with van der Waals surface area (Å²) in [7, 11) is 0. The number of carbonyl (C=O) groups excluding carboxylic acids is 1. The first-order valence-corrected chi connectivity index (χ1v) is 11.8. The Balaban J connectivity index is 1.53. The van der Waals surface area contributed by atoms with Crippen LogP contribution in [0.2, 0.25) is 0 Å². The summed E-state index contributed by atoms with van der Waals surface area (Å²) in [5.41, 5.74) is 3.27. The Kier molecular flexibility index (Phi) is 6.01. The fourth-order valence-electron chi connectivity index (χ4n) is 4.38. The van der Waals surface area contributed by atoms with Crippen LogP contribution in [0.15, 0.2) is 64.2 Å². The third-order valence-electron chi connectivity index (χ3n) is 6.33. The molecule has 10 heteroatoms. The van der Waals surface area contributed by atoms with Crippen molar-refractivity contribution in [3.05, 3.63) is 87.9 Å². The van der Waals surface area contributed by atoms with Gasteiger partial charge in [0, 0.05) is 24.5 Å². The Bertz CT molecular complexity index is 1570. The van der Waals surface area contributed by atoms with Gasteiger partial charge in [0.15, 0.2) is 5.82 Å². The summed E-state index contributed by atoms with van der Waals surface area (Å²) >= 11 is 0. The summed E-state index contributed by atoms with van der Waals surface area (Å²) in [6.45, 7) is 7.57. The summed E-state index contributed by atoms with van der Waals surface area (Å²) < 4.78 is 10.0. The SMILES string of the molecule is Cc1noc(C)c1CCNC(=O)[C@H](C)n1nc(C)c2nn(-c3ccccc3)c(-n3cccc3)c2c1=O. The van der Waals surface area contributed by atoms with Crippen LogP contribution in [0.3, 0.4) is 0 Å². The number of amides is 1. The highest BCUT2D eigenvalue weighted by molar-refractivity contribution is 5.88. The second-order valence-corrected chi connectivity index (χ2v) is 8.74. The molecule has 0 unspecified atom stereocenters. The Morgan fingerprint density at radius 2 is 1.75 bits per heavy atom. The molecule has 0 spiro atoms. The lowest BCUT2D eigenvalue weighted by Crippen LogP contribution is -2.38. The maximum atomic E-state index is 13.8. The molecule has 0 saturated heterocycles. The van der Waals surface area contributed by atoms with Crippen molar-refractivity contribution in [3.8, 4) is 11.5 Å². The van der Waals surface area contributed by atoms with Crippen LogP contribution in [0.5, 0.6) is 0 Å². The standard InChI is InChI=1S/C26H27N7O3/c1-16-21(19(4)36-30-16)12-13-27-24(34)18(3)32-26(35)22-23(17(2)28-32)29-33(20-10-6-5-7-11-20)25(22)31-14-8-9-15-31/h5-11,14-15,18H,12-13H2,1-4H3,(H,27,34)/t18-/m0/s1. The number of nitrogens with zero attached hydrogens (tertiary/aromatic N) is 6. The fourth-order valence-corrected chi connectivity index (χ4v) is 4.38. The van der Waals surface area contributed by atoms with Crippen molar-refractivity contribution in [2.75, 3.05) is 6.54 Å². The first-order valence-electron chi connectivity index (χ1n) is 11.8. The van der Waals surface area contributed by atoms with Gasteiger partial charge in [0.2, 0.25) is 5.91 Å². The first-order chi connectivity index (χ1) is 17.4. The number of rotatable bonds is 7. The number of fused-ring (bicyclic) bond motifs is 1. The highest BCUT2D eigenvalue weighted by Crippen LogP contribution is 2.25. The van der Waals surface area contributed by atoms with Crippen LogP contribution >= 0.6 is 0 Å². The van der Waals surface area contributed by atoms with Crippen LogP contribution in [-0.4, -0.2) is 41.7 Å². The normalized spacial score (nSPS) is 12.2. The van der Waals surface area contributed by atoms with Crippen LogP contribution in [-0.2, 0) is 11.2 Å². The number of benzene rings is 1. The van der Waals surface area contributed by atoms with Gasteiger partial charge in [-0.05, 0) is 58.4 Å². The highest BCUT2D eigenvalue weighted by atomic mass is 16.5. The molecule has 5 rings (SSSR count). The van der Waals surface area contributed by atoms with Crippen molar-refractivity contribution >= 4 is 16.8 Å². The van der Waals surface area contributed by atoms with E-state index in [4.69, 9.17) is 9.62 Å². The maximum Gasteiger partial charge on any atom is 0.280 e. The molecule has 0 saturated carbocycles. The van der Waals surface area contributed by atoms with E-state index in [-0.39, 0.29) is 11.5 Å². The van der Waals surface area contributed by atoms with Gasteiger partial charge in [-0.15, -0.1) is 0 Å². The molecule has 0 aliphatic heterocycles. The van der Waals surface area contributed by atoms with E-state index in [1.165, 1.54) is 4.68 Å². The average Bonchev–Trinajstić information content (AvgIpc) is 3.61. The number of hydrogen-bond donors (Lipinski definition) is 1. The van der Waals surface area contributed by atoms with Crippen molar-refractivity contribution in [2.24, 2.45) is 0 Å². The van der Waals surface area contributed by atoms with Gasteiger partial charge in [-0.1, -0.05) is 23.4 Å². The maximum absolute atomic E-state index is 13.8. The monoisotopic (exact) mass is 485 g/mol. The van der Waals surface area contributed by atoms with E-state index in [1.807, 2.05) is 73.3 Å². The molecule has 10 nitrogen and oxygen atoms in total. The van der Waals surface area contributed by atoms with Gasteiger partial charge < -0.3 is 14.4 Å². The van der Waals surface area contributed by atoms with Crippen LogP contribution in [0.1, 0.15) is 35.7 Å². The lowest BCUT2D eigenvalue weighted by Gasteiger charge is -2.15. The lowest BCUT2D eigenvalue weighted by molar-refractivity contribution is -0.124. The Morgan fingerprint density at radius 1 is 1.03 bits per heavy atom. The second-order valence-electron chi connectivity index (χ2n) is 8.74. The zero-order valence-corrected chi connectivity index (χ0v) is 20.6. The van der Waals surface area contributed by atoms with E-state index >= 15 is 0 Å². The van der Waals surface area contributed by atoms with Crippen LogP contribution in [0.25, 0.3) is 22.4 Å². The van der Waals surface area contributed by atoms with Gasteiger partial charge in [0.05, 0.1) is 17.1 Å². The largest absolute Gasteiger partial charge is 0.361 e. The lowest BCUT2D eigenvalue weighted by atomic mass is 10.1. The third kappa shape index (κ3) is 4.00. The predicted octanol–water partition coefficient (Wildman–Crippen LogP) is 3.21. The second kappa shape index (κ2) is 9.29. The summed E-state index contributed by atoms with van der Waals surface area (Å²) in [5, 5.41) is 16.5. The average molecular weight is 486 g/mol. The van der Waals surface area contributed by atoms with Gasteiger partial charge in [0.25, 0.3) is 5.56 Å². The third-order valence-corrected chi connectivity index (χ3v) is 6.33. The molecule has 36 heavy (non-hydrogen) atoms. The zero-order chi connectivity index (χ0) is 25.4. The molecule has 1 N–H and O–H groups in total. The Morgan fingerprint density at radius 3 is 2.42 bits per heavy atom. The van der Waals surface area contributed by atoms with Crippen molar-refractivity contribution in [1.82, 2.24) is 34.6 Å². The number of para-hydroxylation sites is 1. The molecule has 0 radical (unpaired) electrons. The molecule has 5 aromatic rings. The summed E-state index contributed by atoms with van der Waals surface area (Å²) in [5.74, 6) is 1.03. The minimum atomic E-state index is -0.817. The smallest absolute Gasteiger partial charge is 0.280 e. The van der Waals surface area contributed by atoms with Crippen molar-refractivity contribution in [2.45, 2.75) is 40.2 Å². The number of nitrogens with one attached hydrogen (secondary N) is 1. The molecular weight excluding hydrogens is 458 g/mol. The quantitative estimate of drug-likeness (QED) is 0.379. The first kappa shape index (κ1) is 23.3. The molecule has 0 aliphatic rings. The van der Waals surface area contributed by atoms with Gasteiger partial charge in [0.1, 0.15) is 22.7 Å². The molecule has 0 fully saturated rings. The minimum Gasteiger partial charge on any atom is -0.361 e. The molecule has 4 aromatic heterocycles. The highest BCUT2D eigenvalue weighted by Gasteiger charge is 2.25. The van der Waals surface area contributed by atoms with Crippen LogP contribution in [0, 0.1) is 20.8 Å². The number of hydrogen-bond acceptors (Lipinski definition) is 6. The van der Waals surface area contributed by atoms with Gasteiger partial charge in [-0.25, -0.2) is 9.36 Å².